The molecule has 0 aromatic carbocycles. The topological polar surface area (TPSA) is 32.3 Å². The van der Waals surface area contributed by atoms with Gasteiger partial charge in [-0.25, -0.2) is 0 Å². The quantitative estimate of drug-likeness (QED) is 0.617. The summed E-state index contributed by atoms with van der Waals surface area (Å²) in [6.45, 7) is 1.86. The number of aliphatic hydroxyl groups excluding tert-OH is 1. The van der Waals surface area contributed by atoms with Gasteiger partial charge in [-0.1, -0.05) is 19.3 Å². The maximum atomic E-state index is 9.49. The molecule has 2 fully saturated rings. The largest absolute Gasteiger partial charge is 0.391 e. The van der Waals surface area contributed by atoms with Crippen molar-refractivity contribution in [3.63, 3.8) is 0 Å². The van der Waals surface area contributed by atoms with Gasteiger partial charge in [-0.2, -0.15) is 0 Å². The van der Waals surface area contributed by atoms with E-state index in [0.717, 1.165) is 19.0 Å². The van der Waals surface area contributed by atoms with Crippen LogP contribution in [0.5, 0.6) is 0 Å². The number of β-amino-alcohol motifs (C(OH)–C–C–N with tert-alkyl or cyclic N) is 1. The molecule has 0 unspecified atom stereocenters. The molecule has 2 heteroatoms. The van der Waals surface area contributed by atoms with Gasteiger partial charge in [-0.15, -0.1) is 0 Å². The summed E-state index contributed by atoms with van der Waals surface area (Å²) >= 11 is 0. The second-order valence-electron chi connectivity index (χ2n) is 4.02. The minimum Gasteiger partial charge on any atom is -0.391 e. The zero-order valence-electron chi connectivity index (χ0n) is 6.92. The lowest BCUT2D eigenvalue weighted by Gasteiger charge is -2.28. The van der Waals surface area contributed by atoms with E-state index in [-0.39, 0.29) is 6.10 Å². The van der Waals surface area contributed by atoms with Gasteiger partial charge >= 0.3 is 0 Å². The minimum atomic E-state index is -0.0596. The van der Waals surface area contributed by atoms with Gasteiger partial charge in [-0.05, 0) is 18.3 Å². The van der Waals surface area contributed by atoms with Crippen molar-refractivity contribution in [2.45, 2.75) is 31.8 Å². The van der Waals surface area contributed by atoms with Gasteiger partial charge in [0.2, 0.25) is 0 Å². The SMILES string of the molecule is O[C@@H]1CNC[C@H]1CC1CCC1. The molecule has 64 valence electrons. The zero-order chi connectivity index (χ0) is 7.68. The van der Waals surface area contributed by atoms with E-state index in [4.69, 9.17) is 0 Å². The third kappa shape index (κ3) is 1.57. The van der Waals surface area contributed by atoms with Crippen LogP contribution in [0, 0.1) is 11.8 Å². The van der Waals surface area contributed by atoms with E-state index in [9.17, 15) is 5.11 Å². The Morgan fingerprint density at radius 2 is 2.09 bits per heavy atom. The fourth-order valence-electron chi connectivity index (χ4n) is 2.12. The Morgan fingerprint density at radius 1 is 1.27 bits per heavy atom. The smallest absolute Gasteiger partial charge is 0.0704 e. The van der Waals surface area contributed by atoms with Gasteiger partial charge in [0.05, 0.1) is 6.10 Å². The van der Waals surface area contributed by atoms with Gasteiger partial charge in [0.25, 0.3) is 0 Å². The van der Waals surface area contributed by atoms with Crippen molar-refractivity contribution in [3.05, 3.63) is 0 Å². The zero-order valence-corrected chi connectivity index (χ0v) is 6.92. The van der Waals surface area contributed by atoms with E-state index in [2.05, 4.69) is 5.32 Å². The van der Waals surface area contributed by atoms with E-state index in [1.807, 2.05) is 0 Å². The van der Waals surface area contributed by atoms with Gasteiger partial charge in [0.15, 0.2) is 0 Å². The third-order valence-electron chi connectivity index (χ3n) is 3.16. The van der Waals surface area contributed by atoms with Gasteiger partial charge in [-0.3, -0.25) is 0 Å². The lowest BCUT2D eigenvalue weighted by Crippen LogP contribution is -2.23. The molecule has 0 aromatic heterocycles. The van der Waals surface area contributed by atoms with Crippen molar-refractivity contribution in [1.29, 1.82) is 0 Å². The molecular formula is C9H17NO. The van der Waals surface area contributed by atoms with Crippen molar-refractivity contribution >= 4 is 0 Å². The first kappa shape index (κ1) is 7.56. The number of hydrogen-bond donors (Lipinski definition) is 2. The molecule has 1 saturated carbocycles. The summed E-state index contributed by atoms with van der Waals surface area (Å²) in [7, 11) is 0. The van der Waals surface area contributed by atoms with Crippen LogP contribution in [0.3, 0.4) is 0 Å². The molecule has 0 amide bonds. The maximum Gasteiger partial charge on any atom is 0.0704 e. The molecule has 1 aliphatic heterocycles. The first-order chi connectivity index (χ1) is 5.36. The molecule has 1 saturated heterocycles. The maximum absolute atomic E-state index is 9.49. The van der Waals surface area contributed by atoms with Crippen molar-refractivity contribution in [2.75, 3.05) is 13.1 Å². The van der Waals surface area contributed by atoms with Crippen LogP contribution in [0.15, 0.2) is 0 Å². The Bertz CT molecular complexity index is 134. The number of nitrogens with one attached hydrogen (secondary N) is 1. The fraction of sp³-hybridized carbons (Fsp3) is 1.00. The summed E-state index contributed by atoms with van der Waals surface area (Å²) in [6.07, 6.45) is 5.43. The van der Waals surface area contributed by atoms with Crippen LogP contribution in [-0.4, -0.2) is 24.3 Å². The van der Waals surface area contributed by atoms with E-state index in [1.165, 1.54) is 25.7 Å². The summed E-state index contributed by atoms with van der Waals surface area (Å²) in [5.74, 6) is 1.50. The molecular weight excluding hydrogens is 138 g/mol. The summed E-state index contributed by atoms with van der Waals surface area (Å²) in [6, 6.07) is 0. The first-order valence-corrected chi connectivity index (χ1v) is 4.75. The summed E-state index contributed by atoms with van der Waals surface area (Å²) in [5.41, 5.74) is 0. The van der Waals surface area contributed by atoms with E-state index >= 15 is 0 Å². The molecule has 2 rings (SSSR count). The molecule has 0 bridgehead atoms. The van der Waals surface area contributed by atoms with E-state index in [1.54, 1.807) is 0 Å². The van der Waals surface area contributed by atoms with Crippen LogP contribution in [0.2, 0.25) is 0 Å². The summed E-state index contributed by atoms with van der Waals surface area (Å²) in [4.78, 5) is 0. The highest BCUT2D eigenvalue weighted by atomic mass is 16.3. The van der Waals surface area contributed by atoms with Crippen LogP contribution >= 0.6 is 0 Å². The molecule has 2 atom stereocenters. The summed E-state index contributed by atoms with van der Waals surface area (Å²) < 4.78 is 0. The average molecular weight is 155 g/mol. The van der Waals surface area contributed by atoms with Crippen molar-refractivity contribution in [3.8, 4) is 0 Å². The Labute approximate surface area is 68.0 Å². The first-order valence-electron chi connectivity index (χ1n) is 4.75. The van der Waals surface area contributed by atoms with Crippen LogP contribution in [-0.2, 0) is 0 Å². The normalized spacial score (nSPS) is 39.0. The van der Waals surface area contributed by atoms with Gasteiger partial charge in [0, 0.05) is 13.1 Å². The van der Waals surface area contributed by atoms with E-state index < -0.39 is 0 Å². The minimum absolute atomic E-state index is 0.0596. The second-order valence-corrected chi connectivity index (χ2v) is 4.02. The van der Waals surface area contributed by atoms with Crippen LogP contribution in [0.4, 0.5) is 0 Å². The van der Waals surface area contributed by atoms with Crippen LogP contribution < -0.4 is 5.32 Å². The summed E-state index contributed by atoms with van der Waals surface area (Å²) in [5, 5.41) is 12.7. The van der Waals surface area contributed by atoms with Crippen LogP contribution in [0.1, 0.15) is 25.7 Å². The molecule has 0 spiro atoms. The molecule has 0 aromatic rings. The lowest BCUT2D eigenvalue weighted by atomic mass is 9.78. The predicted molar refractivity (Wildman–Crippen MR) is 44.3 cm³/mol. The number of hydrogen-bond acceptors (Lipinski definition) is 2. The monoisotopic (exact) mass is 155 g/mol. The van der Waals surface area contributed by atoms with E-state index in [0.29, 0.717) is 5.92 Å². The highest BCUT2D eigenvalue weighted by molar-refractivity contribution is 4.84. The van der Waals surface area contributed by atoms with Crippen molar-refractivity contribution in [2.24, 2.45) is 11.8 Å². The highest BCUT2D eigenvalue weighted by Crippen LogP contribution is 2.33. The van der Waals surface area contributed by atoms with Crippen LogP contribution in [0.25, 0.3) is 0 Å². The molecule has 2 aliphatic rings. The van der Waals surface area contributed by atoms with Crippen molar-refractivity contribution < 1.29 is 5.11 Å². The molecule has 11 heavy (non-hydrogen) atoms. The van der Waals surface area contributed by atoms with Gasteiger partial charge in [0.1, 0.15) is 0 Å². The Balaban J connectivity index is 1.75. The standard InChI is InChI=1S/C9H17NO/c11-9-6-10-5-8(9)4-7-2-1-3-7/h7-11H,1-6H2/t8-,9-/m1/s1. The number of rotatable bonds is 2. The van der Waals surface area contributed by atoms with Crippen molar-refractivity contribution in [1.82, 2.24) is 5.32 Å². The second kappa shape index (κ2) is 3.11. The molecule has 2 N–H and O–H groups in total. The Kier molecular flexibility index (Phi) is 2.14. The third-order valence-corrected chi connectivity index (χ3v) is 3.16. The Morgan fingerprint density at radius 3 is 2.55 bits per heavy atom. The fourth-order valence-corrected chi connectivity index (χ4v) is 2.12. The molecule has 1 heterocycles. The highest BCUT2D eigenvalue weighted by Gasteiger charge is 2.29. The number of aliphatic hydroxyl groups is 1. The molecule has 0 radical (unpaired) electrons. The lowest BCUT2D eigenvalue weighted by molar-refractivity contribution is 0.118. The molecule has 1 aliphatic carbocycles. The van der Waals surface area contributed by atoms with Gasteiger partial charge < -0.3 is 10.4 Å². The predicted octanol–water partition coefficient (Wildman–Crippen LogP) is 0.757. The average Bonchev–Trinajstić information content (AvgIpc) is 2.27. The Hall–Kier alpha value is -0.0800. The molecule has 2 nitrogen and oxygen atoms in total.